The topological polar surface area (TPSA) is 29.5 Å². The van der Waals surface area contributed by atoms with Crippen molar-refractivity contribution in [2.24, 2.45) is 0 Å². The summed E-state index contributed by atoms with van der Waals surface area (Å²) in [6.07, 6.45) is -5.78. The van der Waals surface area contributed by atoms with Crippen molar-refractivity contribution in [2.45, 2.75) is 19.2 Å². The number of hydrogen-bond donors (Lipinski definition) is 1. The molecule has 2 nitrogen and oxygen atoms in total. The summed E-state index contributed by atoms with van der Waals surface area (Å²) in [6.45, 7) is 1.81. The number of fused-ring (bicyclic) bond motifs is 1. The third-order valence-corrected chi connectivity index (χ3v) is 2.28. The number of hydrogen-bond acceptors (Lipinski definition) is 2. The molecular weight excluding hydrogens is 221 g/mol. The van der Waals surface area contributed by atoms with Gasteiger partial charge in [-0.05, 0) is 25.1 Å². The van der Waals surface area contributed by atoms with Gasteiger partial charge in [0, 0.05) is 5.56 Å². The fraction of sp³-hybridized carbons (Fsp3) is 0.273. The standard InChI is InChI=1S/C11H9F3O2/c1-6-2-3-9-7(4-6)5-8(15)10(16-9)11(12,13)14/h2-5,10,15H,1H3. The van der Waals surface area contributed by atoms with E-state index in [2.05, 4.69) is 0 Å². The number of ether oxygens (including phenoxy) is 1. The van der Waals surface area contributed by atoms with Gasteiger partial charge in [-0.25, -0.2) is 0 Å². The molecule has 86 valence electrons. The largest absolute Gasteiger partial charge is 0.508 e. The van der Waals surface area contributed by atoms with Crippen LogP contribution in [0.5, 0.6) is 5.75 Å². The van der Waals surface area contributed by atoms with Gasteiger partial charge in [0.05, 0.1) is 0 Å². The van der Waals surface area contributed by atoms with Crippen molar-refractivity contribution in [2.75, 3.05) is 0 Å². The lowest BCUT2D eigenvalue weighted by Crippen LogP contribution is -2.37. The molecular formula is C11H9F3O2. The van der Waals surface area contributed by atoms with Crippen molar-refractivity contribution in [1.82, 2.24) is 0 Å². The van der Waals surface area contributed by atoms with E-state index >= 15 is 0 Å². The Hall–Kier alpha value is -1.65. The lowest BCUT2D eigenvalue weighted by Gasteiger charge is -2.25. The minimum atomic E-state index is -4.61. The second-order valence-electron chi connectivity index (χ2n) is 3.65. The average molecular weight is 230 g/mol. The van der Waals surface area contributed by atoms with Gasteiger partial charge in [0.1, 0.15) is 11.5 Å². The van der Waals surface area contributed by atoms with E-state index in [0.29, 0.717) is 5.56 Å². The van der Waals surface area contributed by atoms with Crippen LogP contribution in [-0.4, -0.2) is 17.4 Å². The molecule has 0 spiro atoms. The van der Waals surface area contributed by atoms with Crippen LogP contribution >= 0.6 is 0 Å². The van der Waals surface area contributed by atoms with E-state index in [9.17, 15) is 18.3 Å². The van der Waals surface area contributed by atoms with Crippen LogP contribution in [0.2, 0.25) is 0 Å². The minimum absolute atomic E-state index is 0.130. The molecule has 2 rings (SSSR count). The molecule has 0 aromatic heterocycles. The lowest BCUT2D eigenvalue weighted by atomic mass is 10.1. The van der Waals surface area contributed by atoms with Gasteiger partial charge in [0.15, 0.2) is 0 Å². The number of aryl methyl sites for hydroxylation is 1. The first-order valence-corrected chi connectivity index (χ1v) is 4.62. The molecule has 0 radical (unpaired) electrons. The Morgan fingerprint density at radius 2 is 2.00 bits per heavy atom. The third-order valence-electron chi connectivity index (χ3n) is 2.28. The van der Waals surface area contributed by atoms with Crippen molar-refractivity contribution >= 4 is 6.08 Å². The molecule has 0 saturated heterocycles. The summed E-state index contributed by atoms with van der Waals surface area (Å²) in [7, 11) is 0. The molecule has 1 heterocycles. The highest BCUT2D eigenvalue weighted by molar-refractivity contribution is 5.62. The van der Waals surface area contributed by atoms with E-state index in [4.69, 9.17) is 4.74 Å². The van der Waals surface area contributed by atoms with E-state index in [1.54, 1.807) is 19.1 Å². The third kappa shape index (κ3) is 1.85. The van der Waals surface area contributed by atoms with Crippen molar-refractivity contribution in [3.05, 3.63) is 35.1 Å². The molecule has 1 aromatic rings. The van der Waals surface area contributed by atoms with Gasteiger partial charge >= 0.3 is 6.18 Å². The Labute approximate surface area is 90.0 Å². The summed E-state index contributed by atoms with van der Waals surface area (Å²) in [6, 6.07) is 4.77. The zero-order valence-corrected chi connectivity index (χ0v) is 8.38. The summed E-state index contributed by atoms with van der Waals surface area (Å²) in [4.78, 5) is 0. The molecule has 1 atom stereocenters. The van der Waals surface area contributed by atoms with E-state index in [1.165, 1.54) is 6.07 Å². The van der Waals surface area contributed by atoms with Crippen molar-refractivity contribution in [1.29, 1.82) is 0 Å². The fourth-order valence-electron chi connectivity index (χ4n) is 1.54. The van der Waals surface area contributed by atoms with Crippen LogP contribution < -0.4 is 4.74 Å². The Morgan fingerprint density at radius 3 is 2.62 bits per heavy atom. The first-order valence-electron chi connectivity index (χ1n) is 4.62. The Balaban J connectivity index is 2.43. The number of aliphatic hydroxyl groups is 1. The molecule has 1 aliphatic rings. The zero-order chi connectivity index (χ0) is 11.9. The summed E-state index contributed by atoms with van der Waals surface area (Å²) in [5, 5.41) is 9.26. The van der Waals surface area contributed by atoms with Gasteiger partial charge < -0.3 is 9.84 Å². The maximum Gasteiger partial charge on any atom is 0.432 e. The van der Waals surface area contributed by atoms with Crippen LogP contribution in [0.1, 0.15) is 11.1 Å². The summed E-state index contributed by atoms with van der Waals surface area (Å²) < 4.78 is 42.0. The number of alkyl halides is 3. The molecule has 1 N–H and O–H groups in total. The van der Waals surface area contributed by atoms with Gasteiger partial charge in [-0.1, -0.05) is 11.6 Å². The van der Waals surface area contributed by atoms with Gasteiger partial charge in [-0.3, -0.25) is 0 Å². The number of halogens is 3. The highest BCUT2D eigenvalue weighted by Gasteiger charge is 2.46. The van der Waals surface area contributed by atoms with Crippen LogP contribution in [0, 0.1) is 6.92 Å². The van der Waals surface area contributed by atoms with Gasteiger partial charge in [-0.2, -0.15) is 13.2 Å². The molecule has 1 aromatic carbocycles. The van der Waals surface area contributed by atoms with Crippen LogP contribution in [0.15, 0.2) is 24.0 Å². The summed E-state index contributed by atoms with van der Waals surface area (Å²) in [5.41, 5.74) is 1.34. The first kappa shape index (κ1) is 10.9. The Kier molecular flexibility index (Phi) is 2.33. The number of rotatable bonds is 0. The number of benzene rings is 1. The molecule has 1 unspecified atom stereocenters. The summed E-state index contributed by atoms with van der Waals surface area (Å²) >= 11 is 0. The van der Waals surface area contributed by atoms with E-state index in [0.717, 1.165) is 11.6 Å². The van der Waals surface area contributed by atoms with Crippen LogP contribution in [-0.2, 0) is 0 Å². The predicted octanol–water partition coefficient (Wildman–Crippen LogP) is 3.22. The monoisotopic (exact) mass is 230 g/mol. The van der Waals surface area contributed by atoms with Gasteiger partial charge in [0.25, 0.3) is 0 Å². The Morgan fingerprint density at radius 1 is 1.31 bits per heavy atom. The van der Waals surface area contributed by atoms with Crippen LogP contribution in [0.4, 0.5) is 13.2 Å². The molecule has 0 bridgehead atoms. The second-order valence-corrected chi connectivity index (χ2v) is 3.65. The maximum atomic E-state index is 12.4. The van der Waals surface area contributed by atoms with Crippen LogP contribution in [0.25, 0.3) is 6.08 Å². The quantitative estimate of drug-likeness (QED) is 0.741. The van der Waals surface area contributed by atoms with Gasteiger partial charge in [0.2, 0.25) is 6.10 Å². The molecule has 0 fully saturated rings. The van der Waals surface area contributed by atoms with Crippen molar-refractivity contribution in [3.63, 3.8) is 0 Å². The second kappa shape index (κ2) is 3.43. The highest BCUT2D eigenvalue weighted by atomic mass is 19.4. The lowest BCUT2D eigenvalue weighted by molar-refractivity contribution is -0.191. The maximum absolute atomic E-state index is 12.4. The normalized spacial score (nSPS) is 19.8. The van der Waals surface area contributed by atoms with Crippen molar-refractivity contribution < 1.29 is 23.0 Å². The predicted molar refractivity (Wildman–Crippen MR) is 52.3 cm³/mol. The minimum Gasteiger partial charge on any atom is -0.508 e. The zero-order valence-electron chi connectivity index (χ0n) is 8.38. The summed E-state index contributed by atoms with van der Waals surface area (Å²) in [5.74, 6) is -0.684. The molecule has 0 amide bonds. The van der Waals surface area contributed by atoms with E-state index < -0.39 is 18.0 Å². The fourth-order valence-corrected chi connectivity index (χ4v) is 1.54. The average Bonchev–Trinajstić information content (AvgIpc) is 2.14. The highest BCUT2D eigenvalue weighted by Crippen LogP contribution is 2.36. The molecule has 1 aliphatic heterocycles. The van der Waals surface area contributed by atoms with Crippen LogP contribution in [0.3, 0.4) is 0 Å². The number of aliphatic hydroxyl groups excluding tert-OH is 1. The molecule has 0 aliphatic carbocycles. The smallest absolute Gasteiger partial charge is 0.432 e. The molecule has 16 heavy (non-hydrogen) atoms. The van der Waals surface area contributed by atoms with Crippen molar-refractivity contribution in [3.8, 4) is 5.75 Å². The van der Waals surface area contributed by atoms with Gasteiger partial charge in [-0.15, -0.1) is 0 Å². The molecule has 0 saturated carbocycles. The van der Waals surface area contributed by atoms with E-state index in [1.807, 2.05) is 0 Å². The van der Waals surface area contributed by atoms with E-state index in [-0.39, 0.29) is 5.75 Å². The SMILES string of the molecule is Cc1ccc2c(c1)C=C(O)C(C(F)(F)F)O2. The molecule has 5 heteroatoms. The first-order chi connectivity index (χ1) is 7.38. The Bertz CT molecular complexity index is 449.